The van der Waals surface area contributed by atoms with Crippen molar-refractivity contribution >= 4 is 16.2 Å². The Hall–Kier alpha value is -0.700. The fourth-order valence-electron chi connectivity index (χ4n) is 2.73. The maximum absolute atomic E-state index is 12.6. The van der Waals surface area contributed by atoms with Crippen LogP contribution in [0.2, 0.25) is 0 Å². The van der Waals surface area contributed by atoms with Gasteiger partial charge in [-0.05, 0) is 25.7 Å². The Morgan fingerprint density at radius 1 is 1.35 bits per heavy atom. The average molecular weight is 306 g/mol. The molecule has 2 saturated heterocycles. The zero-order chi connectivity index (χ0) is 14.8. The number of nitrogens with zero attached hydrogens (tertiary/aromatic N) is 2. The van der Waals surface area contributed by atoms with Crippen molar-refractivity contribution in [3.05, 3.63) is 0 Å². The molecule has 116 valence electrons. The van der Waals surface area contributed by atoms with Gasteiger partial charge in [-0.25, -0.2) is 0 Å². The highest BCUT2D eigenvalue weighted by atomic mass is 32.2. The van der Waals surface area contributed by atoms with Crippen LogP contribution in [0, 0.1) is 0 Å². The summed E-state index contributed by atoms with van der Waals surface area (Å²) in [7, 11) is -3.72. The highest BCUT2D eigenvalue weighted by Crippen LogP contribution is 2.24. The third-order valence-electron chi connectivity index (χ3n) is 3.92. The Labute approximate surface area is 119 Å². The van der Waals surface area contributed by atoms with Gasteiger partial charge in [0.1, 0.15) is 6.04 Å². The van der Waals surface area contributed by atoms with E-state index < -0.39 is 22.2 Å². The predicted molar refractivity (Wildman–Crippen MR) is 72.5 cm³/mol. The van der Waals surface area contributed by atoms with Crippen LogP contribution < -0.4 is 0 Å². The third kappa shape index (κ3) is 3.13. The van der Waals surface area contributed by atoms with Crippen LogP contribution in [0.4, 0.5) is 0 Å². The first-order chi connectivity index (χ1) is 9.46. The lowest BCUT2D eigenvalue weighted by atomic mass is 10.1. The molecule has 7 nitrogen and oxygen atoms in total. The summed E-state index contributed by atoms with van der Waals surface area (Å²) < 4.78 is 33.3. The van der Waals surface area contributed by atoms with Crippen LogP contribution in [0.5, 0.6) is 0 Å². The van der Waals surface area contributed by atoms with E-state index in [9.17, 15) is 18.3 Å². The smallest absolute Gasteiger partial charge is 0.322 e. The quantitative estimate of drug-likeness (QED) is 0.806. The second kappa shape index (κ2) is 6.38. The van der Waals surface area contributed by atoms with Gasteiger partial charge in [0.25, 0.3) is 10.2 Å². The zero-order valence-electron chi connectivity index (χ0n) is 11.7. The highest BCUT2D eigenvalue weighted by molar-refractivity contribution is 7.86. The molecule has 8 heteroatoms. The highest BCUT2D eigenvalue weighted by Gasteiger charge is 2.41. The van der Waals surface area contributed by atoms with E-state index >= 15 is 0 Å². The molecule has 0 aromatic rings. The standard InChI is InChI=1S/C12H22N2O5S/c1-2-10-9-13(7-8-19-10)20(17,18)14-6-4-3-5-11(14)12(15)16/h10-11H,2-9H2,1H3,(H,15,16). The van der Waals surface area contributed by atoms with E-state index in [1.54, 1.807) is 0 Å². The van der Waals surface area contributed by atoms with E-state index in [0.717, 1.165) is 17.1 Å². The second-order valence-electron chi connectivity index (χ2n) is 5.23. The largest absolute Gasteiger partial charge is 0.480 e. The Morgan fingerprint density at radius 3 is 2.75 bits per heavy atom. The molecule has 2 heterocycles. The number of rotatable bonds is 4. The molecule has 2 rings (SSSR count). The molecular formula is C12H22N2O5S. The van der Waals surface area contributed by atoms with Gasteiger partial charge >= 0.3 is 5.97 Å². The van der Waals surface area contributed by atoms with E-state index in [2.05, 4.69) is 0 Å². The molecule has 1 N–H and O–H groups in total. The molecule has 0 spiro atoms. The zero-order valence-corrected chi connectivity index (χ0v) is 12.5. The van der Waals surface area contributed by atoms with Crippen molar-refractivity contribution in [1.82, 2.24) is 8.61 Å². The van der Waals surface area contributed by atoms with Crippen LogP contribution in [-0.2, 0) is 19.7 Å². The van der Waals surface area contributed by atoms with Crippen LogP contribution in [0.15, 0.2) is 0 Å². The van der Waals surface area contributed by atoms with Gasteiger partial charge in [0.15, 0.2) is 0 Å². The molecule has 2 fully saturated rings. The number of hydrogen-bond acceptors (Lipinski definition) is 4. The monoisotopic (exact) mass is 306 g/mol. The Morgan fingerprint density at radius 2 is 2.10 bits per heavy atom. The molecular weight excluding hydrogens is 284 g/mol. The summed E-state index contributed by atoms with van der Waals surface area (Å²) in [6.07, 6.45) is 2.49. The lowest BCUT2D eigenvalue weighted by Crippen LogP contribution is -2.56. The summed E-state index contributed by atoms with van der Waals surface area (Å²) in [5.74, 6) is -1.06. The van der Waals surface area contributed by atoms with E-state index in [-0.39, 0.29) is 12.6 Å². The fourth-order valence-corrected chi connectivity index (χ4v) is 4.56. The number of ether oxygens (including phenoxy) is 1. The van der Waals surface area contributed by atoms with Crippen molar-refractivity contribution in [2.75, 3.05) is 26.2 Å². The van der Waals surface area contributed by atoms with Crippen molar-refractivity contribution < 1.29 is 23.1 Å². The average Bonchev–Trinajstić information content (AvgIpc) is 2.47. The minimum absolute atomic E-state index is 0.105. The topological polar surface area (TPSA) is 87.2 Å². The van der Waals surface area contributed by atoms with Crippen molar-refractivity contribution in [3.8, 4) is 0 Å². The molecule has 2 unspecified atom stereocenters. The number of carboxylic acids is 1. The summed E-state index contributed by atoms with van der Waals surface area (Å²) >= 11 is 0. The SMILES string of the molecule is CCC1CN(S(=O)(=O)N2CCCCC2C(=O)O)CCO1. The van der Waals surface area contributed by atoms with E-state index in [4.69, 9.17) is 4.74 Å². The van der Waals surface area contributed by atoms with Crippen molar-refractivity contribution in [2.24, 2.45) is 0 Å². The normalized spacial score (nSPS) is 30.2. The number of morpholine rings is 1. The first kappa shape index (κ1) is 15.7. The summed E-state index contributed by atoms with van der Waals surface area (Å²) in [4.78, 5) is 11.3. The second-order valence-corrected chi connectivity index (χ2v) is 7.11. The van der Waals surface area contributed by atoms with Gasteiger partial charge in [-0.1, -0.05) is 6.92 Å². The lowest BCUT2D eigenvalue weighted by molar-refractivity contribution is -0.142. The maximum atomic E-state index is 12.6. The van der Waals surface area contributed by atoms with E-state index in [1.807, 2.05) is 6.92 Å². The van der Waals surface area contributed by atoms with Crippen molar-refractivity contribution in [3.63, 3.8) is 0 Å². The summed E-state index contributed by atoms with van der Waals surface area (Å²) in [5.41, 5.74) is 0. The van der Waals surface area contributed by atoms with Gasteiger partial charge in [0.05, 0.1) is 12.7 Å². The summed E-state index contributed by atoms with van der Waals surface area (Å²) in [6, 6.07) is -0.934. The van der Waals surface area contributed by atoms with Crippen molar-refractivity contribution in [1.29, 1.82) is 0 Å². The molecule has 2 atom stereocenters. The van der Waals surface area contributed by atoms with Gasteiger partial charge in [-0.3, -0.25) is 4.79 Å². The third-order valence-corrected chi connectivity index (χ3v) is 5.93. The summed E-state index contributed by atoms with van der Waals surface area (Å²) in [5, 5.41) is 9.22. The molecule has 20 heavy (non-hydrogen) atoms. The molecule has 0 bridgehead atoms. The Kier molecular flexibility index (Phi) is 5.00. The maximum Gasteiger partial charge on any atom is 0.322 e. The molecule has 0 aromatic heterocycles. The van der Waals surface area contributed by atoms with Gasteiger partial charge in [0, 0.05) is 19.6 Å². The van der Waals surface area contributed by atoms with Crippen LogP contribution in [0.25, 0.3) is 0 Å². The van der Waals surface area contributed by atoms with Gasteiger partial charge in [-0.15, -0.1) is 0 Å². The van der Waals surface area contributed by atoms with Crippen molar-refractivity contribution in [2.45, 2.75) is 44.8 Å². The minimum Gasteiger partial charge on any atom is -0.480 e. The number of piperidine rings is 1. The molecule has 0 aromatic carbocycles. The molecule has 0 aliphatic carbocycles. The predicted octanol–water partition coefficient (Wildman–Crippen LogP) is 0.281. The fraction of sp³-hybridized carbons (Fsp3) is 0.917. The molecule has 2 aliphatic heterocycles. The van der Waals surface area contributed by atoms with Crippen LogP contribution in [0.3, 0.4) is 0 Å². The lowest BCUT2D eigenvalue weighted by Gasteiger charge is -2.38. The number of hydrogen-bond donors (Lipinski definition) is 1. The van der Waals surface area contributed by atoms with Gasteiger partial charge in [-0.2, -0.15) is 17.0 Å². The Bertz CT molecular complexity index is 453. The molecule has 0 radical (unpaired) electrons. The van der Waals surface area contributed by atoms with Crippen LogP contribution >= 0.6 is 0 Å². The van der Waals surface area contributed by atoms with Crippen LogP contribution in [-0.4, -0.2) is 66.5 Å². The van der Waals surface area contributed by atoms with E-state index in [0.29, 0.717) is 32.5 Å². The number of carbonyl (C=O) groups is 1. The van der Waals surface area contributed by atoms with Gasteiger partial charge in [0.2, 0.25) is 0 Å². The molecule has 2 aliphatic rings. The van der Waals surface area contributed by atoms with E-state index in [1.165, 1.54) is 4.31 Å². The first-order valence-corrected chi connectivity index (χ1v) is 8.47. The minimum atomic E-state index is -3.72. The van der Waals surface area contributed by atoms with Gasteiger partial charge < -0.3 is 9.84 Å². The molecule has 0 amide bonds. The Balaban J connectivity index is 2.17. The first-order valence-electron chi connectivity index (χ1n) is 7.08. The number of carboxylic acid groups (broad SMARTS) is 1. The molecule has 0 saturated carbocycles. The summed E-state index contributed by atoms with van der Waals surface area (Å²) in [6.45, 7) is 3.20. The van der Waals surface area contributed by atoms with Crippen LogP contribution in [0.1, 0.15) is 32.6 Å². The number of aliphatic carboxylic acids is 1.